The minimum atomic E-state index is 0.563. The van der Waals surface area contributed by atoms with Crippen LogP contribution in [0.3, 0.4) is 0 Å². The van der Waals surface area contributed by atoms with E-state index in [4.69, 9.17) is 4.52 Å². The second kappa shape index (κ2) is 6.36. The van der Waals surface area contributed by atoms with E-state index in [0.29, 0.717) is 11.7 Å². The monoisotopic (exact) mass is 326 g/mol. The van der Waals surface area contributed by atoms with E-state index < -0.39 is 0 Å². The highest BCUT2D eigenvalue weighted by atomic mass is 16.5. The molecule has 0 spiro atoms. The van der Waals surface area contributed by atoms with E-state index in [1.165, 1.54) is 11.1 Å². The molecule has 0 amide bonds. The molecule has 0 aliphatic carbocycles. The van der Waals surface area contributed by atoms with E-state index in [9.17, 15) is 0 Å². The van der Waals surface area contributed by atoms with Gasteiger partial charge in [-0.1, -0.05) is 78.0 Å². The Morgan fingerprint density at radius 1 is 0.680 bits per heavy atom. The number of hydrogen-bond donors (Lipinski definition) is 0. The third-order valence-electron chi connectivity index (χ3n) is 4.31. The third kappa shape index (κ3) is 2.96. The number of benzene rings is 3. The van der Waals surface area contributed by atoms with Crippen molar-refractivity contribution in [3.8, 4) is 34.0 Å². The Morgan fingerprint density at radius 2 is 1.24 bits per heavy atom. The van der Waals surface area contributed by atoms with Crippen LogP contribution in [0, 0.1) is 13.8 Å². The molecule has 0 radical (unpaired) electrons. The van der Waals surface area contributed by atoms with E-state index in [-0.39, 0.29) is 0 Å². The van der Waals surface area contributed by atoms with Gasteiger partial charge in [0.1, 0.15) is 0 Å². The Kier molecular flexibility index (Phi) is 3.90. The zero-order valence-electron chi connectivity index (χ0n) is 14.2. The van der Waals surface area contributed by atoms with Crippen molar-refractivity contribution in [3.05, 3.63) is 83.9 Å². The fourth-order valence-electron chi connectivity index (χ4n) is 3.13. The molecule has 3 heteroatoms. The summed E-state index contributed by atoms with van der Waals surface area (Å²) >= 11 is 0. The van der Waals surface area contributed by atoms with E-state index in [1.807, 2.05) is 36.4 Å². The lowest BCUT2D eigenvalue weighted by molar-refractivity contribution is 0.432. The van der Waals surface area contributed by atoms with Crippen LogP contribution in [0.1, 0.15) is 11.1 Å². The van der Waals surface area contributed by atoms with Crippen LogP contribution in [0.25, 0.3) is 34.0 Å². The summed E-state index contributed by atoms with van der Waals surface area (Å²) < 4.78 is 5.55. The predicted octanol–water partition coefficient (Wildman–Crippen LogP) is 5.69. The quantitative estimate of drug-likeness (QED) is 0.485. The topological polar surface area (TPSA) is 38.9 Å². The lowest BCUT2D eigenvalue weighted by Crippen LogP contribution is -1.91. The normalized spacial score (nSPS) is 10.8. The van der Waals surface area contributed by atoms with Crippen molar-refractivity contribution in [1.29, 1.82) is 0 Å². The summed E-state index contributed by atoms with van der Waals surface area (Å²) in [5.41, 5.74) is 6.62. The van der Waals surface area contributed by atoms with Gasteiger partial charge in [0.15, 0.2) is 0 Å². The molecule has 3 aromatic carbocycles. The first-order valence-corrected chi connectivity index (χ1v) is 8.28. The molecule has 0 saturated carbocycles. The highest BCUT2D eigenvalue weighted by molar-refractivity contribution is 5.73. The van der Waals surface area contributed by atoms with Gasteiger partial charge in [0.05, 0.1) is 0 Å². The molecule has 0 fully saturated rings. The molecule has 25 heavy (non-hydrogen) atoms. The average molecular weight is 326 g/mol. The van der Waals surface area contributed by atoms with Crippen LogP contribution in [0.4, 0.5) is 0 Å². The molecular weight excluding hydrogens is 308 g/mol. The Hall–Kier alpha value is -3.20. The van der Waals surface area contributed by atoms with Crippen molar-refractivity contribution in [2.75, 3.05) is 0 Å². The molecular formula is C22H18N2O. The van der Waals surface area contributed by atoms with E-state index in [1.54, 1.807) is 0 Å². The molecule has 122 valence electrons. The van der Waals surface area contributed by atoms with Gasteiger partial charge in [-0.3, -0.25) is 0 Å². The van der Waals surface area contributed by atoms with Gasteiger partial charge in [-0.05, 0) is 36.1 Å². The maximum Gasteiger partial charge on any atom is 0.258 e. The maximum absolute atomic E-state index is 5.55. The molecule has 0 saturated heterocycles. The van der Waals surface area contributed by atoms with Crippen LogP contribution in [-0.4, -0.2) is 10.1 Å². The summed E-state index contributed by atoms with van der Waals surface area (Å²) in [7, 11) is 0. The van der Waals surface area contributed by atoms with Gasteiger partial charge < -0.3 is 4.52 Å². The first-order chi connectivity index (χ1) is 12.2. The number of aromatic nitrogens is 2. The molecule has 1 aromatic heterocycles. The fraction of sp³-hybridized carbons (Fsp3) is 0.0909. The maximum atomic E-state index is 5.55. The average Bonchev–Trinajstić information content (AvgIpc) is 3.12. The number of nitrogens with zero attached hydrogens (tertiary/aromatic N) is 2. The van der Waals surface area contributed by atoms with Crippen LogP contribution in [0.15, 0.2) is 77.3 Å². The lowest BCUT2D eigenvalue weighted by Gasteiger charge is -2.10. The molecule has 3 nitrogen and oxygen atoms in total. The predicted molar refractivity (Wildman–Crippen MR) is 100 cm³/mol. The molecule has 1 heterocycles. The fourth-order valence-corrected chi connectivity index (χ4v) is 3.13. The SMILES string of the molecule is Cc1cc(-c2ccccc2)cc(C)c1-c1nc(-c2ccccc2)no1. The van der Waals surface area contributed by atoms with Crippen LogP contribution in [0.2, 0.25) is 0 Å². The first kappa shape index (κ1) is 15.3. The van der Waals surface area contributed by atoms with E-state index in [2.05, 4.69) is 60.4 Å². The molecule has 0 unspecified atom stereocenters. The number of hydrogen-bond acceptors (Lipinski definition) is 3. The van der Waals surface area contributed by atoms with Gasteiger partial charge in [-0.2, -0.15) is 4.98 Å². The Balaban J connectivity index is 1.76. The largest absolute Gasteiger partial charge is 0.334 e. The second-order valence-corrected chi connectivity index (χ2v) is 6.14. The van der Waals surface area contributed by atoms with Crippen molar-refractivity contribution in [1.82, 2.24) is 10.1 Å². The van der Waals surface area contributed by atoms with Gasteiger partial charge >= 0.3 is 0 Å². The van der Waals surface area contributed by atoms with Crippen molar-refractivity contribution in [2.24, 2.45) is 0 Å². The van der Waals surface area contributed by atoms with Gasteiger partial charge in [0.2, 0.25) is 5.82 Å². The summed E-state index contributed by atoms with van der Waals surface area (Å²) in [5.74, 6) is 1.18. The standard InChI is InChI=1S/C22H18N2O/c1-15-13-19(17-9-5-3-6-10-17)14-16(2)20(15)22-23-21(24-25-22)18-11-7-4-8-12-18/h3-14H,1-2H3. The lowest BCUT2D eigenvalue weighted by atomic mass is 9.95. The van der Waals surface area contributed by atoms with Gasteiger partial charge in [0, 0.05) is 11.1 Å². The van der Waals surface area contributed by atoms with Crippen molar-refractivity contribution < 1.29 is 4.52 Å². The van der Waals surface area contributed by atoms with Crippen molar-refractivity contribution >= 4 is 0 Å². The van der Waals surface area contributed by atoms with Gasteiger partial charge in [-0.15, -0.1) is 0 Å². The molecule has 4 rings (SSSR count). The van der Waals surface area contributed by atoms with Gasteiger partial charge in [0.25, 0.3) is 5.89 Å². The Bertz CT molecular complexity index is 982. The summed E-state index contributed by atoms with van der Waals surface area (Å²) in [5, 5.41) is 4.14. The van der Waals surface area contributed by atoms with E-state index >= 15 is 0 Å². The van der Waals surface area contributed by atoms with E-state index in [0.717, 1.165) is 22.3 Å². The molecule has 4 aromatic rings. The van der Waals surface area contributed by atoms with Crippen LogP contribution < -0.4 is 0 Å². The van der Waals surface area contributed by atoms with Gasteiger partial charge in [-0.25, -0.2) is 0 Å². The Labute approximate surface area is 147 Å². The number of aryl methyl sites for hydroxylation is 2. The minimum absolute atomic E-state index is 0.563. The summed E-state index contributed by atoms with van der Waals surface area (Å²) in [6.45, 7) is 4.17. The molecule has 0 bridgehead atoms. The molecule has 0 N–H and O–H groups in total. The van der Waals surface area contributed by atoms with Crippen molar-refractivity contribution in [3.63, 3.8) is 0 Å². The smallest absolute Gasteiger partial charge is 0.258 e. The summed E-state index contributed by atoms with van der Waals surface area (Å²) in [6, 6.07) is 24.6. The highest BCUT2D eigenvalue weighted by Gasteiger charge is 2.16. The summed E-state index contributed by atoms with van der Waals surface area (Å²) in [4.78, 5) is 4.60. The second-order valence-electron chi connectivity index (χ2n) is 6.14. The Morgan fingerprint density at radius 3 is 1.84 bits per heavy atom. The highest BCUT2D eigenvalue weighted by Crippen LogP contribution is 2.32. The molecule has 0 atom stereocenters. The minimum Gasteiger partial charge on any atom is -0.334 e. The van der Waals surface area contributed by atoms with Crippen molar-refractivity contribution in [2.45, 2.75) is 13.8 Å². The van der Waals surface area contributed by atoms with Crippen LogP contribution >= 0.6 is 0 Å². The number of rotatable bonds is 3. The molecule has 0 aliphatic heterocycles. The molecule has 0 aliphatic rings. The third-order valence-corrected chi connectivity index (χ3v) is 4.31. The zero-order valence-corrected chi connectivity index (χ0v) is 14.2. The zero-order chi connectivity index (χ0) is 17.2. The summed E-state index contributed by atoms with van der Waals surface area (Å²) in [6.07, 6.45) is 0. The van der Waals surface area contributed by atoms with Crippen LogP contribution in [-0.2, 0) is 0 Å². The first-order valence-electron chi connectivity index (χ1n) is 8.28. The van der Waals surface area contributed by atoms with Crippen LogP contribution in [0.5, 0.6) is 0 Å².